The Kier molecular flexibility index (Phi) is 6.01. The van der Waals surface area contributed by atoms with Crippen molar-refractivity contribution < 1.29 is 19.4 Å². The average Bonchev–Trinajstić information content (AvgIpc) is 2.67. The number of amides is 1. The lowest BCUT2D eigenvalue weighted by atomic mass is 10.0. The number of pyridine rings is 1. The maximum absolute atomic E-state index is 11.7. The number of hydrogen-bond acceptors (Lipinski definition) is 5. The molecule has 0 unspecified atom stereocenters. The highest BCUT2D eigenvalue weighted by Gasteiger charge is 2.08. The van der Waals surface area contributed by atoms with Crippen LogP contribution in [0, 0.1) is 6.92 Å². The molecular formula is C21H22N2O4. The van der Waals surface area contributed by atoms with E-state index in [0.717, 1.165) is 27.7 Å². The fraction of sp³-hybridized carbons (Fsp3) is 0.238. The molecule has 2 N–H and O–H groups in total. The second kappa shape index (κ2) is 8.62. The van der Waals surface area contributed by atoms with E-state index in [-0.39, 0.29) is 25.7 Å². The number of aryl methyl sites for hydroxylation is 1. The van der Waals surface area contributed by atoms with Crippen LogP contribution in [0.1, 0.15) is 5.56 Å². The number of anilines is 1. The summed E-state index contributed by atoms with van der Waals surface area (Å²) < 4.78 is 10.3. The Balaban J connectivity index is 1.92. The fourth-order valence-corrected chi connectivity index (χ4v) is 2.86. The number of nitrogens with zero attached hydrogens (tertiary/aromatic N) is 1. The summed E-state index contributed by atoms with van der Waals surface area (Å²) in [5.74, 6) is 0.496. The molecule has 1 heterocycles. The third-order valence-electron chi connectivity index (χ3n) is 4.06. The largest absolute Gasteiger partial charge is 0.491 e. The lowest BCUT2D eigenvalue weighted by Gasteiger charge is -2.11. The van der Waals surface area contributed by atoms with Crippen molar-refractivity contribution in [3.63, 3.8) is 0 Å². The van der Waals surface area contributed by atoms with Crippen LogP contribution >= 0.6 is 0 Å². The lowest BCUT2D eigenvalue weighted by Crippen LogP contribution is -2.17. The topological polar surface area (TPSA) is 80.7 Å². The number of aliphatic hydroxyl groups excluding tert-OH is 1. The summed E-state index contributed by atoms with van der Waals surface area (Å²) in [6.45, 7) is 2.26. The van der Waals surface area contributed by atoms with E-state index in [1.807, 2.05) is 55.5 Å². The second-order valence-electron chi connectivity index (χ2n) is 6.14. The SMILES string of the molecule is COCC(=O)Nc1ccc2nc(-c3cccc(OCCO)c3)cc(C)c2c1. The summed E-state index contributed by atoms with van der Waals surface area (Å²) in [6.07, 6.45) is 0. The van der Waals surface area contributed by atoms with Gasteiger partial charge in [0.05, 0.1) is 17.8 Å². The van der Waals surface area contributed by atoms with Gasteiger partial charge in [0.1, 0.15) is 19.0 Å². The minimum Gasteiger partial charge on any atom is -0.491 e. The molecule has 6 nitrogen and oxygen atoms in total. The molecule has 140 valence electrons. The summed E-state index contributed by atoms with van der Waals surface area (Å²) in [6, 6.07) is 15.3. The second-order valence-corrected chi connectivity index (χ2v) is 6.14. The molecule has 0 atom stereocenters. The van der Waals surface area contributed by atoms with Crippen LogP contribution in [0.15, 0.2) is 48.5 Å². The van der Waals surface area contributed by atoms with Gasteiger partial charge in [-0.2, -0.15) is 0 Å². The lowest BCUT2D eigenvalue weighted by molar-refractivity contribution is -0.119. The van der Waals surface area contributed by atoms with E-state index in [4.69, 9.17) is 19.6 Å². The zero-order chi connectivity index (χ0) is 19.2. The fourth-order valence-electron chi connectivity index (χ4n) is 2.86. The van der Waals surface area contributed by atoms with E-state index >= 15 is 0 Å². The van der Waals surface area contributed by atoms with Crippen molar-refractivity contribution in [3.8, 4) is 17.0 Å². The van der Waals surface area contributed by atoms with Gasteiger partial charge in [-0.3, -0.25) is 4.79 Å². The standard InChI is InChI=1S/C21H22N2O4/c1-14-10-20(15-4-3-5-17(11-15)27-9-8-24)23-19-7-6-16(12-18(14)19)22-21(25)13-26-2/h3-7,10-12,24H,8-9,13H2,1-2H3,(H,22,25). The molecule has 0 aliphatic rings. The molecule has 0 saturated carbocycles. The molecule has 2 aromatic carbocycles. The highest BCUT2D eigenvalue weighted by atomic mass is 16.5. The molecule has 0 spiro atoms. The number of benzene rings is 2. The number of fused-ring (bicyclic) bond motifs is 1. The Morgan fingerprint density at radius 3 is 2.81 bits per heavy atom. The van der Waals surface area contributed by atoms with Crippen molar-refractivity contribution in [1.29, 1.82) is 0 Å². The van der Waals surface area contributed by atoms with E-state index in [9.17, 15) is 4.79 Å². The van der Waals surface area contributed by atoms with Crippen molar-refractivity contribution >= 4 is 22.5 Å². The first-order valence-electron chi connectivity index (χ1n) is 8.65. The summed E-state index contributed by atoms with van der Waals surface area (Å²) in [5, 5.41) is 12.7. The normalized spacial score (nSPS) is 10.8. The van der Waals surface area contributed by atoms with Crippen LogP contribution in [0.3, 0.4) is 0 Å². The third kappa shape index (κ3) is 4.61. The number of rotatable bonds is 7. The van der Waals surface area contributed by atoms with Crippen LogP contribution in [0.25, 0.3) is 22.2 Å². The van der Waals surface area contributed by atoms with E-state index in [0.29, 0.717) is 11.4 Å². The molecule has 0 aliphatic carbocycles. The van der Waals surface area contributed by atoms with E-state index in [2.05, 4.69) is 5.32 Å². The minimum atomic E-state index is -0.196. The zero-order valence-electron chi connectivity index (χ0n) is 15.4. The van der Waals surface area contributed by atoms with E-state index in [1.165, 1.54) is 7.11 Å². The van der Waals surface area contributed by atoms with Gasteiger partial charge in [-0.25, -0.2) is 4.98 Å². The summed E-state index contributed by atoms with van der Waals surface area (Å²) in [5.41, 5.74) is 4.39. The number of hydrogen-bond donors (Lipinski definition) is 2. The van der Waals surface area contributed by atoms with Crippen LogP contribution in [0.4, 0.5) is 5.69 Å². The van der Waals surface area contributed by atoms with Crippen LogP contribution in [-0.4, -0.2) is 42.9 Å². The molecular weight excluding hydrogens is 344 g/mol. The number of carbonyl (C=O) groups is 1. The Labute approximate surface area is 157 Å². The monoisotopic (exact) mass is 366 g/mol. The van der Waals surface area contributed by atoms with E-state index < -0.39 is 0 Å². The van der Waals surface area contributed by atoms with Crippen LogP contribution in [0.2, 0.25) is 0 Å². The molecule has 0 aliphatic heterocycles. The number of aliphatic hydroxyl groups is 1. The van der Waals surface area contributed by atoms with Gasteiger partial charge in [-0.05, 0) is 48.9 Å². The quantitative estimate of drug-likeness (QED) is 0.671. The number of aromatic nitrogens is 1. The molecule has 3 aromatic rings. The summed E-state index contributed by atoms with van der Waals surface area (Å²) in [4.78, 5) is 16.4. The zero-order valence-corrected chi connectivity index (χ0v) is 15.4. The number of nitrogens with one attached hydrogen (secondary N) is 1. The maximum Gasteiger partial charge on any atom is 0.250 e. The average molecular weight is 366 g/mol. The summed E-state index contributed by atoms with van der Waals surface area (Å²) >= 11 is 0. The van der Waals surface area contributed by atoms with Gasteiger partial charge in [0, 0.05) is 23.7 Å². The first kappa shape index (κ1) is 18.8. The molecule has 0 radical (unpaired) electrons. The third-order valence-corrected chi connectivity index (χ3v) is 4.06. The van der Waals surface area contributed by atoms with Crippen LogP contribution in [-0.2, 0) is 9.53 Å². The number of carbonyl (C=O) groups excluding carboxylic acids is 1. The van der Waals surface area contributed by atoms with Gasteiger partial charge >= 0.3 is 0 Å². The molecule has 1 amide bonds. The van der Waals surface area contributed by atoms with Gasteiger partial charge in [-0.15, -0.1) is 0 Å². The Bertz CT molecular complexity index is 956. The predicted octanol–water partition coefficient (Wildman–Crippen LogP) is 3.17. The molecule has 1 aromatic heterocycles. The van der Waals surface area contributed by atoms with Crippen molar-refractivity contribution in [3.05, 3.63) is 54.1 Å². The Morgan fingerprint density at radius 2 is 2.04 bits per heavy atom. The van der Waals surface area contributed by atoms with E-state index in [1.54, 1.807) is 0 Å². The highest BCUT2D eigenvalue weighted by Crippen LogP contribution is 2.28. The first-order valence-corrected chi connectivity index (χ1v) is 8.65. The van der Waals surface area contributed by atoms with Gasteiger partial charge in [0.2, 0.25) is 5.91 Å². The van der Waals surface area contributed by atoms with Crippen molar-refractivity contribution in [2.75, 3.05) is 32.2 Å². The molecule has 0 saturated heterocycles. The van der Waals surface area contributed by atoms with Crippen molar-refractivity contribution in [2.45, 2.75) is 6.92 Å². The molecule has 3 rings (SSSR count). The van der Waals surface area contributed by atoms with Gasteiger partial charge in [0.25, 0.3) is 0 Å². The van der Waals surface area contributed by atoms with Crippen molar-refractivity contribution in [1.82, 2.24) is 4.98 Å². The van der Waals surface area contributed by atoms with Gasteiger partial charge in [0.15, 0.2) is 0 Å². The first-order chi connectivity index (χ1) is 13.1. The van der Waals surface area contributed by atoms with Gasteiger partial charge < -0.3 is 19.9 Å². The molecule has 6 heteroatoms. The van der Waals surface area contributed by atoms with Gasteiger partial charge in [-0.1, -0.05) is 12.1 Å². The van der Waals surface area contributed by atoms with Crippen molar-refractivity contribution in [2.24, 2.45) is 0 Å². The highest BCUT2D eigenvalue weighted by molar-refractivity contribution is 5.95. The number of methoxy groups -OCH3 is 1. The minimum absolute atomic E-state index is 0.0168. The molecule has 0 bridgehead atoms. The molecule has 0 fully saturated rings. The summed E-state index contributed by atoms with van der Waals surface area (Å²) in [7, 11) is 1.49. The Morgan fingerprint density at radius 1 is 1.19 bits per heavy atom. The molecule has 27 heavy (non-hydrogen) atoms. The maximum atomic E-state index is 11.7. The Hall–Kier alpha value is -2.96. The number of ether oxygens (including phenoxy) is 2. The van der Waals surface area contributed by atoms with Crippen LogP contribution in [0.5, 0.6) is 5.75 Å². The smallest absolute Gasteiger partial charge is 0.250 e. The van der Waals surface area contributed by atoms with Crippen LogP contribution < -0.4 is 10.1 Å². The predicted molar refractivity (Wildman–Crippen MR) is 105 cm³/mol.